The smallest absolute Gasteiger partial charge is 0.247 e. The third-order valence-electron chi connectivity index (χ3n) is 7.65. The van der Waals surface area contributed by atoms with Gasteiger partial charge in [0.05, 0.1) is 14.2 Å². The summed E-state index contributed by atoms with van der Waals surface area (Å²) in [7, 11) is 3.45. The van der Waals surface area contributed by atoms with Crippen LogP contribution >= 0.6 is 0 Å². The number of aryl methyl sites for hydroxylation is 1. The van der Waals surface area contributed by atoms with E-state index in [1.807, 2.05) is 12.1 Å². The van der Waals surface area contributed by atoms with Crippen molar-refractivity contribution in [1.82, 2.24) is 0 Å². The number of methoxy groups -OCH3 is 2. The zero-order chi connectivity index (χ0) is 23.6. The van der Waals surface area contributed by atoms with Gasteiger partial charge in [-0.25, -0.2) is 0 Å². The number of fused-ring (bicyclic) bond motifs is 4. The second kappa shape index (κ2) is 7.43. The Morgan fingerprint density at radius 3 is 2.15 bits per heavy atom. The monoisotopic (exact) mass is 445 g/mol. The van der Waals surface area contributed by atoms with Crippen LogP contribution in [-0.2, 0) is 5.41 Å². The normalized spacial score (nSPS) is 14.7. The molecule has 0 spiro atoms. The molecule has 0 aliphatic carbocycles. The maximum Gasteiger partial charge on any atom is 0.247 e. The molecule has 0 N–H and O–H groups in total. The molecule has 0 atom stereocenters. The summed E-state index contributed by atoms with van der Waals surface area (Å²) in [6.07, 6.45) is 0. The molecule has 6 rings (SSSR count). The van der Waals surface area contributed by atoms with Crippen LogP contribution in [0.2, 0.25) is 0 Å². The summed E-state index contributed by atoms with van der Waals surface area (Å²) in [5, 5.41) is 0. The van der Waals surface area contributed by atoms with Gasteiger partial charge in [-0.2, -0.15) is 0 Å². The van der Waals surface area contributed by atoms with Crippen LogP contribution in [0.15, 0.2) is 78.9 Å². The van der Waals surface area contributed by atoms with Crippen molar-refractivity contribution in [3.63, 3.8) is 0 Å². The standard InChI is InChI=1S/C30H28BNO2/c1-19-10-16-27-29-28(19)30(2,3)23-8-6-7-9-24(23)31(29)25-18-22(34-5)15-17-26(25)32(27)20-11-13-21(33-4)14-12-20/h6-18H,1-5H3. The van der Waals surface area contributed by atoms with Crippen molar-refractivity contribution in [3.8, 4) is 11.5 Å². The lowest BCUT2D eigenvalue weighted by Crippen LogP contribution is -2.64. The van der Waals surface area contributed by atoms with Crippen LogP contribution < -0.4 is 30.8 Å². The van der Waals surface area contributed by atoms with Gasteiger partial charge in [0.2, 0.25) is 6.71 Å². The molecule has 0 amide bonds. The van der Waals surface area contributed by atoms with Gasteiger partial charge in [-0.15, -0.1) is 0 Å². The molecule has 2 heterocycles. The van der Waals surface area contributed by atoms with Crippen LogP contribution in [0.4, 0.5) is 17.1 Å². The maximum absolute atomic E-state index is 5.70. The predicted molar refractivity (Wildman–Crippen MR) is 142 cm³/mol. The van der Waals surface area contributed by atoms with Gasteiger partial charge in [-0.05, 0) is 83.1 Å². The average Bonchev–Trinajstić information content (AvgIpc) is 2.86. The van der Waals surface area contributed by atoms with Gasteiger partial charge in [0.1, 0.15) is 11.5 Å². The first-order valence-corrected chi connectivity index (χ1v) is 11.8. The Bertz CT molecular complexity index is 1420. The van der Waals surface area contributed by atoms with E-state index < -0.39 is 0 Å². The van der Waals surface area contributed by atoms with E-state index in [-0.39, 0.29) is 12.1 Å². The molecule has 2 aliphatic rings. The highest BCUT2D eigenvalue weighted by Crippen LogP contribution is 2.43. The second-order valence-electron chi connectivity index (χ2n) is 9.79. The number of anilines is 3. The van der Waals surface area contributed by atoms with Crippen molar-refractivity contribution < 1.29 is 9.47 Å². The molecule has 4 heteroatoms. The van der Waals surface area contributed by atoms with Crippen LogP contribution in [0.5, 0.6) is 11.5 Å². The summed E-state index contributed by atoms with van der Waals surface area (Å²) in [4.78, 5) is 2.40. The molecule has 3 nitrogen and oxygen atoms in total. The fraction of sp³-hybridized carbons (Fsp3) is 0.200. The predicted octanol–water partition coefficient (Wildman–Crippen LogP) is 4.95. The zero-order valence-electron chi connectivity index (χ0n) is 20.3. The summed E-state index contributed by atoms with van der Waals surface area (Å²) in [6, 6.07) is 28.4. The van der Waals surface area contributed by atoms with E-state index in [0.717, 1.165) is 17.2 Å². The van der Waals surface area contributed by atoms with Gasteiger partial charge < -0.3 is 14.4 Å². The molecule has 168 valence electrons. The Hall–Kier alpha value is -3.66. The Labute approximate surface area is 202 Å². The topological polar surface area (TPSA) is 21.7 Å². The van der Waals surface area contributed by atoms with Crippen molar-refractivity contribution in [2.24, 2.45) is 0 Å². The summed E-state index contributed by atoms with van der Waals surface area (Å²) >= 11 is 0. The minimum atomic E-state index is -0.0928. The minimum Gasteiger partial charge on any atom is -0.497 e. The van der Waals surface area contributed by atoms with Crippen LogP contribution in [0.3, 0.4) is 0 Å². The van der Waals surface area contributed by atoms with E-state index in [1.54, 1.807) is 14.2 Å². The SMILES string of the molecule is COc1ccc(N2c3ccc(OC)cc3B3c4ccccc4C(C)(C)c4c(C)ccc2c43)cc1. The van der Waals surface area contributed by atoms with Crippen LogP contribution in [-0.4, -0.2) is 20.9 Å². The van der Waals surface area contributed by atoms with Crippen LogP contribution in [0.1, 0.15) is 30.5 Å². The van der Waals surface area contributed by atoms with Crippen LogP contribution in [0, 0.1) is 6.92 Å². The number of nitrogens with zero attached hydrogens (tertiary/aromatic N) is 1. The van der Waals surface area contributed by atoms with Crippen molar-refractivity contribution in [3.05, 3.63) is 95.6 Å². The van der Waals surface area contributed by atoms with Gasteiger partial charge in [0.15, 0.2) is 0 Å². The van der Waals surface area contributed by atoms with Gasteiger partial charge in [-0.1, -0.05) is 49.6 Å². The van der Waals surface area contributed by atoms with Gasteiger partial charge in [0, 0.05) is 22.5 Å². The highest BCUT2D eigenvalue weighted by molar-refractivity contribution is 6.99. The number of hydrogen-bond donors (Lipinski definition) is 0. The third kappa shape index (κ3) is 2.78. The van der Waals surface area contributed by atoms with E-state index in [2.05, 4.69) is 92.4 Å². The Morgan fingerprint density at radius 1 is 0.735 bits per heavy atom. The minimum absolute atomic E-state index is 0.0928. The molecule has 0 bridgehead atoms. The van der Waals surface area contributed by atoms with Crippen molar-refractivity contribution in [2.45, 2.75) is 26.2 Å². The highest BCUT2D eigenvalue weighted by Gasteiger charge is 2.46. The van der Waals surface area contributed by atoms with Crippen molar-refractivity contribution in [2.75, 3.05) is 19.1 Å². The molecule has 0 aromatic heterocycles. The highest BCUT2D eigenvalue weighted by atomic mass is 16.5. The molecule has 0 radical (unpaired) electrons. The average molecular weight is 445 g/mol. The second-order valence-corrected chi connectivity index (χ2v) is 9.79. The molecule has 4 aromatic rings. The lowest BCUT2D eigenvalue weighted by molar-refractivity contribution is 0.415. The van der Waals surface area contributed by atoms with E-state index >= 15 is 0 Å². The van der Waals surface area contributed by atoms with Gasteiger partial charge in [0.25, 0.3) is 0 Å². The largest absolute Gasteiger partial charge is 0.497 e. The van der Waals surface area contributed by atoms with E-state index in [9.17, 15) is 0 Å². The molecule has 2 aliphatic heterocycles. The lowest BCUT2D eigenvalue weighted by atomic mass is 9.30. The molecule has 0 saturated heterocycles. The first kappa shape index (κ1) is 20.9. The quantitative estimate of drug-likeness (QED) is 0.367. The molecule has 0 saturated carbocycles. The maximum atomic E-state index is 5.70. The van der Waals surface area contributed by atoms with E-state index in [1.165, 1.54) is 44.5 Å². The molecule has 4 aromatic carbocycles. The third-order valence-corrected chi connectivity index (χ3v) is 7.65. The first-order valence-electron chi connectivity index (χ1n) is 11.8. The fourth-order valence-corrected chi connectivity index (χ4v) is 6.20. The summed E-state index contributed by atoms with van der Waals surface area (Å²) < 4.78 is 11.1. The number of rotatable bonds is 3. The molecule has 0 fully saturated rings. The molecular formula is C30H28BNO2. The summed E-state index contributed by atoms with van der Waals surface area (Å²) in [6.45, 7) is 7.14. The summed E-state index contributed by atoms with van der Waals surface area (Å²) in [5.41, 5.74) is 11.7. The number of ether oxygens (including phenoxy) is 2. The van der Waals surface area contributed by atoms with E-state index in [0.29, 0.717) is 0 Å². The summed E-state index contributed by atoms with van der Waals surface area (Å²) in [5.74, 6) is 1.74. The Morgan fingerprint density at radius 2 is 1.41 bits per heavy atom. The van der Waals surface area contributed by atoms with Crippen molar-refractivity contribution in [1.29, 1.82) is 0 Å². The number of benzene rings is 4. The molecule has 34 heavy (non-hydrogen) atoms. The molecule has 0 unspecified atom stereocenters. The Balaban J connectivity index is 1.72. The van der Waals surface area contributed by atoms with Gasteiger partial charge in [-0.3, -0.25) is 0 Å². The van der Waals surface area contributed by atoms with Gasteiger partial charge >= 0.3 is 0 Å². The number of hydrogen-bond acceptors (Lipinski definition) is 3. The zero-order valence-corrected chi connectivity index (χ0v) is 20.3. The van der Waals surface area contributed by atoms with Crippen LogP contribution in [0.25, 0.3) is 0 Å². The molecular weight excluding hydrogens is 417 g/mol. The Kier molecular flexibility index (Phi) is 4.57. The fourth-order valence-electron chi connectivity index (χ4n) is 6.20. The first-order chi connectivity index (χ1) is 16.5. The van der Waals surface area contributed by atoms with E-state index in [4.69, 9.17) is 9.47 Å². The lowest BCUT2D eigenvalue weighted by Gasteiger charge is -2.46. The van der Waals surface area contributed by atoms with Crippen molar-refractivity contribution >= 4 is 40.2 Å².